The number of carboxylic acids is 1. The maximum absolute atomic E-state index is 10.7. The molecule has 0 fully saturated rings. The van der Waals surface area contributed by atoms with E-state index in [0.717, 1.165) is 18.2 Å². The maximum atomic E-state index is 10.7. The van der Waals surface area contributed by atoms with Gasteiger partial charge < -0.3 is 15.3 Å². The van der Waals surface area contributed by atoms with Gasteiger partial charge in [-0.05, 0) is 19.1 Å². The molecule has 1 aromatic carbocycles. The quantitative estimate of drug-likeness (QED) is 0.318. The monoisotopic (exact) mass is 239 g/mol. The van der Waals surface area contributed by atoms with Crippen LogP contribution in [0.1, 0.15) is 12.5 Å². The summed E-state index contributed by atoms with van der Waals surface area (Å²) in [5, 5.41) is 37.7. The third kappa shape index (κ3) is 2.71. The Morgan fingerprint density at radius 2 is 1.88 bits per heavy atom. The molecule has 0 heterocycles. The molecule has 90 valence electrons. The number of nitro benzene ring substituents is 1. The van der Waals surface area contributed by atoms with Gasteiger partial charge in [-0.3, -0.25) is 10.1 Å². The molecule has 0 unspecified atom stereocenters. The zero-order valence-electron chi connectivity index (χ0n) is 8.75. The van der Waals surface area contributed by atoms with Gasteiger partial charge in [-0.25, -0.2) is 4.79 Å². The second-order valence-corrected chi connectivity index (χ2v) is 3.29. The largest absolute Gasteiger partial charge is 0.504 e. The van der Waals surface area contributed by atoms with Crippen LogP contribution in [0.15, 0.2) is 17.7 Å². The molecule has 0 amide bonds. The van der Waals surface area contributed by atoms with Crippen LogP contribution in [0.5, 0.6) is 11.5 Å². The zero-order valence-corrected chi connectivity index (χ0v) is 8.75. The Kier molecular flexibility index (Phi) is 3.32. The lowest BCUT2D eigenvalue weighted by atomic mass is 10.1. The van der Waals surface area contributed by atoms with E-state index in [2.05, 4.69) is 0 Å². The van der Waals surface area contributed by atoms with Gasteiger partial charge in [0.05, 0.1) is 16.6 Å². The minimum atomic E-state index is -1.23. The van der Waals surface area contributed by atoms with Gasteiger partial charge in [0.15, 0.2) is 11.5 Å². The fourth-order valence-corrected chi connectivity index (χ4v) is 1.15. The summed E-state index contributed by atoms with van der Waals surface area (Å²) in [6, 6.07) is 1.69. The van der Waals surface area contributed by atoms with Crippen molar-refractivity contribution in [3.63, 3.8) is 0 Å². The SMILES string of the molecule is C/C(=C\c1cc(O)c(O)cc1[N+](=O)[O-])C(=O)O. The zero-order chi connectivity index (χ0) is 13.2. The number of carboxylic acid groups (broad SMARTS) is 1. The third-order valence-corrected chi connectivity index (χ3v) is 2.03. The van der Waals surface area contributed by atoms with Gasteiger partial charge in [0.25, 0.3) is 5.69 Å². The Bertz CT molecular complexity index is 520. The molecule has 0 aliphatic heterocycles. The van der Waals surface area contributed by atoms with Crippen molar-refractivity contribution < 1.29 is 25.0 Å². The molecule has 0 bridgehead atoms. The second-order valence-electron chi connectivity index (χ2n) is 3.29. The van der Waals surface area contributed by atoms with Crippen LogP contribution in [0.3, 0.4) is 0 Å². The van der Waals surface area contributed by atoms with Gasteiger partial charge in [0.2, 0.25) is 0 Å². The highest BCUT2D eigenvalue weighted by atomic mass is 16.6. The summed E-state index contributed by atoms with van der Waals surface area (Å²) in [7, 11) is 0. The lowest BCUT2D eigenvalue weighted by Crippen LogP contribution is -1.97. The summed E-state index contributed by atoms with van der Waals surface area (Å²) in [6.45, 7) is 1.26. The molecule has 0 aliphatic carbocycles. The van der Waals surface area contributed by atoms with Gasteiger partial charge in [0, 0.05) is 5.57 Å². The Balaban J connectivity index is 3.41. The molecule has 3 N–H and O–H groups in total. The molecule has 0 saturated carbocycles. The first kappa shape index (κ1) is 12.5. The predicted octanol–water partition coefficient (Wildman–Crippen LogP) is 1.49. The van der Waals surface area contributed by atoms with Crippen LogP contribution in [-0.4, -0.2) is 26.2 Å². The number of nitro groups is 1. The van der Waals surface area contributed by atoms with E-state index in [1.54, 1.807) is 0 Å². The minimum absolute atomic E-state index is 0.0924. The van der Waals surface area contributed by atoms with Crippen LogP contribution < -0.4 is 0 Å². The molecule has 0 atom stereocenters. The summed E-state index contributed by atoms with van der Waals surface area (Å²) in [4.78, 5) is 20.5. The summed E-state index contributed by atoms with van der Waals surface area (Å²) in [5.41, 5.74) is -0.704. The molecule has 7 heteroatoms. The van der Waals surface area contributed by atoms with Crippen molar-refractivity contribution in [2.45, 2.75) is 6.92 Å². The molecule has 0 radical (unpaired) electrons. The second kappa shape index (κ2) is 4.52. The van der Waals surface area contributed by atoms with Crippen LogP contribution in [0.4, 0.5) is 5.69 Å². The molecule has 0 aliphatic rings. The fourth-order valence-electron chi connectivity index (χ4n) is 1.15. The van der Waals surface area contributed by atoms with E-state index in [0.29, 0.717) is 0 Å². The Morgan fingerprint density at radius 3 is 2.35 bits per heavy atom. The maximum Gasteiger partial charge on any atom is 0.331 e. The Morgan fingerprint density at radius 1 is 1.35 bits per heavy atom. The lowest BCUT2D eigenvalue weighted by Gasteiger charge is -2.02. The van der Waals surface area contributed by atoms with Crippen LogP contribution in [0.2, 0.25) is 0 Å². The van der Waals surface area contributed by atoms with Crippen molar-refractivity contribution in [1.29, 1.82) is 0 Å². The first-order chi connectivity index (χ1) is 7.82. The third-order valence-electron chi connectivity index (χ3n) is 2.03. The first-order valence-corrected chi connectivity index (χ1v) is 4.45. The van der Waals surface area contributed by atoms with Gasteiger partial charge in [-0.1, -0.05) is 0 Å². The number of nitrogens with zero attached hydrogens (tertiary/aromatic N) is 1. The number of hydrogen-bond donors (Lipinski definition) is 3. The van der Waals surface area contributed by atoms with Crippen molar-refractivity contribution in [1.82, 2.24) is 0 Å². The van der Waals surface area contributed by atoms with Crippen molar-refractivity contribution in [3.8, 4) is 11.5 Å². The van der Waals surface area contributed by atoms with Gasteiger partial charge in [-0.15, -0.1) is 0 Å². The van der Waals surface area contributed by atoms with E-state index in [-0.39, 0.29) is 11.1 Å². The number of aromatic hydroxyl groups is 2. The molecule has 1 rings (SSSR count). The summed E-state index contributed by atoms with van der Waals surface area (Å²) >= 11 is 0. The van der Waals surface area contributed by atoms with Crippen LogP contribution in [-0.2, 0) is 4.79 Å². The average molecular weight is 239 g/mol. The van der Waals surface area contributed by atoms with Crippen LogP contribution in [0.25, 0.3) is 6.08 Å². The normalized spacial score (nSPS) is 11.2. The fraction of sp³-hybridized carbons (Fsp3) is 0.100. The number of aliphatic carboxylic acids is 1. The van der Waals surface area contributed by atoms with E-state index in [9.17, 15) is 20.0 Å². The van der Waals surface area contributed by atoms with Gasteiger partial charge in [-0.2, -0.15) is 0 Å². The highest BCUT2D eigenvalue weighted by Crippen LogP contribution is 2.33. The van der Waals surface area contributed by atoms with Gasteiger partial charge >= 0.3 is 5.97 Å². The van der Waals surface area contributed by atoms with Crippen molar-refractivity contribution in [2.24, 2.45) is 0 Å². The van der Waals surface area contributed by atoms with E-state index < -0.39 is 28.1 Å². The standard InChI is InChI=1S/C10H9NO6/c1-5(10(14)15)2-6-3-8(12)9(13)4-7(6)11(16)17/h2-4,12-13H,1H3,(H,14,15)/b5-2+. The number of phenols is 2. The van der Waals surface area contributed by atoms with Crippen molar-refractivity contribution >= 4 is 17.7 Å². The van der Waals surface area contributed by atoms with E-state index in [1.165, 1.54) is 6.92 Å². The molecule has 0 aromatic heterocycles. The molecule has 1 aromatic rings. The molecule has 7 nitrogen and oxygen atoms in total. The average Bonchev–Trinajstić information content (AvgIpc) is 2.22. The number of hydrogen-bond acceptors (Lipinski definition) is 5. The molecule has 17 heavy (non-hydrogen) atoms. The molecule has 0 spiro atoms. The minimum Gasteiger partial charge on any atom is -0.504 e. The van der Waals surface area contributed by atoms with Gasteiger partial charge in [0.1, 0.15) is 0 Å². The number of benzene rings is 1. The highest BCUT2D eigenvalue weighted by molar-refractivity contribution is 5.92. The van der Waals surface area contributed by atoms with E-state index in [4.69, 9.17) is 10.2 Å². The topological polar surface area (TPSA) is 121 Å². The van der Waals surface area contributed by atoms with Crippen molar-refractivity contribution in [3.05, 3.63) is 33.4 Å². The van der Waals surface area contributed by atoms with Crippen molar-refractivity contribution in [2.75, 3.05) is 0 Å². The van der Waals surface area contributed by atoms with E-state index >= 15 is 0 Å². The van der Waals surface area contributed by atoms with E-state index in [1.807, 2.05) is 0 Å². The van der Waals surface area contributed by atoms with Crippen LogP contribution in [0, 0.1) is 10.1 Å². The van der Waals surface area contributed by atoms with Crippen LogP contribution >= 0.6 is 0 Å². The molecular weight excluding hydrogens is 230 g/mol. The molecular formula is C10H9NO6. The summed E-state index contributed by atoms with van der Waals surface area (Å²) < 4.78 is 0. The summed E-state index contributed by atoms with van der Waals surface area (Å²) in [5.74, 6) is -2.42. The smallest absolute Gasteiger partial charge is 0.331 e. The number of phenolic OH excluding ortho intramolecular Hbond substituents is 2. The first-order valence-electron chi connectivity index (χ1n) is 4.45. The highest BCUT2D eigenvalue weighted by Gasteiger charge is 2.17. The number of rotatable bonds is 3. The Labute approximate surface area is 95.4 Å². The molecule has 0 saturated heterocycles. The lowest BCUT2D eigenvalue weighted by molar-refractivity contribution is -0.385. The number of carbonyl (C=O) groups is 1. The summed E-state index contributed by atoms with van der Waals surface area (Å²) in [6.07, 6.45) is 1.04. The Hall–Kier alpha value is -2.57. The predicted molar refractivity (Wildman–Crippen MR) is 57.7 cm³/mol.